The predicted octanol–water partition coefficient (Wildman–Crippen LogP) is 1.36. The van der Waals surface area contributed by atoms with E-state index >= 15 is 0 Å². The molecule has 72 valence electrons. The molecule has 1 rings (SSSR count). The molecule has 3 N–H and O–H groups in total. The van der Waals surface area contributed by atoms with Gasteiger partial charge in [0.2, 0.25) is 0 Å². The molecular weight excluding hydrogens is 148 g/mol. The molecule has 0 saturated heterocycles. The summed E-state index contributed by atoms with van der Waals surface area (Å²) in [6.45, 7) is 8.56. The largest absolute Gasteiger partial charge is 0.330 e. The van der Waals surface area contributed by atoms with Crippen molar-refractivity contribution in [3.05, 3.63) is 0 Å². The normalized spacial score (nSPS) is 30.0. The van der Waals surface area contributed by atoms with Gasteiger partial charge in [-0.3, -0.25) is 0 Å². The van der Waals surface area contributed by atoms with Gasteiger partial charge in [-0.15, -0.1) is 0 Å². The van der Waals surface area contributed by atoms with Crippen LogP contribution in [-0.2, 0) is 0 Å². The minimum absolute atomic E-state index is 0.263. The second kappa shape index (κ2) is 3.75. The molecule has 0 radical (unpaired) electrons. The molecule has 1 fully saturated rings. The Balaban J connectivity index is 2.10. The summed E-state index contributed by atoms with van der Waals surface area (Å²) in [5, 5.41) is 3.56. The maximum absolute atomic E-state index is 5.64. The lowest BCUT2D eigenvalue weighted by Gasteiger charge is -2.36. The molecule has 0 aromatic carbocycles. The molecule has 1 saturated carbocycles. The summed E-state index contributed by atoms with van der Waals surface area (Å²) >= 11 is 0. The average Bonchev–Trinajstić information content (AvgIpc) is 1.96. The first-order valence-electron chi connectivity index (χ1n) is 4.97. The lowest BCUT2D eigenvalue weighted by atomic mass is 9.81. The fraction of sp³-hybridized carbons (Fsp3) is 1.00. The molecule has 0 aliphatic heterocycles. The molecule has 12 heavy (non-hydrogen) atoms. The number of hydrogen-bond acceptors (Lipinski definition) is 2. The van der Waals surface area contributed by atoms with Crippen LogP contribution in [0.25, 0.3) is 0 Å². The third-order valence-corrected chi connectivity index (χ3v) is 2.80. The van der Waals surface area contributed by atoms with Crippen molar-refractivity contribution in [2.45, 2.75) is 39.7 Å². The van der Waals surface area contributed by atoms with Crippen molar-refractivity contribution in [2.24, 2.45) is 17.1 Å². The first-order chi connectivity index (χ1) is 5.53. The molecule has 0 heterocycles. The summed E-state index contributed by atoms with van der Waals surface area (Å²) < 4.78 is 0. The van der Waals surface area contributed by atoms with Crippen LogP contribution in [0.5, 0.6) is 0 Å². The van der Waals surface area contributed by atoms with Gasteiger partial charge >= 0.3 is 0 Å². The second-order valence-electron chi connectivity index (χ2n) is 5.02. The summed E-state index contributed by atoms with van der Waals surface area (Å²) in [6, 6.07) is 0.769. The summed E-state index contributed by atoms with van der Waals surface area (Å²) in [5.41, 5.74) is 5.90. The highest BCUT2D eigenvalue weighted by Crippen LogP contribution is 2.26. The van der Waals surface area contributed by atoms with Crippen LogP contribution in [0, 0.1) is 11.3 Å². The van der Waals surface area contributed by atoms with Gasteiger partial charge in [-0.1, -0.05) is 20.8 Å². The second-order valence-corrected chi connectivity index (χ2v) is 5.02. The third kappa shape index (κ3) is 2.76. The highest BCUT2D eigenvalue weighted by Gasteiger charge is 2.26. The molecule has 2 nitrogen and oxygen atoms in total. The fourth-order valence-electron chi connectivity index (χ4n) is 1.56. The zero-order valence-electron chi connectivity index (χ0n) is 8.56. The van der Waals surface area contributed by atoms with Gasteiger partial charge in [-0.05, 0) is 30.7 Å². The van der Waals surface area contributed by atoms with Gasteiger partial charge < -0.3 is 11.1 Å². The highest BCUT2D eigenvalue weighted by molar-refractivity contribution is 4.84. The quantitative estimate of drug-likeness (QED) is 0.668. The van der Waals surface area contributed by atoms with Gasteiger partial charge in [0, 0.05) is 12.6 Å². The van der Waals surface area contributed by atoms with E-state index in [9.17, 15) is 0 Å². The molecule has 0 bridgehead atoms. The van der Waals surface area contributed by atoms with Gasteiger partial charge in [0.15, 0.2) is 0 Å². The Morgan fingerprint density at radius 1 is 1.42 bits per heavy atom. The molecule has 2 heteroatoms. The Hall–Kier alpha value is -0.0800. The monoisotopic (exact) mass is 170 g/mol. The summed E-state index contributed by atoms with van der Waals surface area (Å²) in [6.07, 6.45) is 2.70. The number of rotatable bonds is 4. The molecule has 0 amide bonds. The zero-order valence-corrected chi connectivity index (χ0v) is 8.56. The van der Waals surface area contributed by atoms with E-state index in [1.54, 1.807) is 0 Å². The van der Waals surface area contributed by atoms with E-state index in [2.05, 4.69) is 26.1 Å². The SMILES string of the molecule is CC1CC(NCC(C)(C)CN)C1. The first kappa shape index (κ1) is 10.0. The highest BCUT2D eigenvalue weighted by atomic mass is 14.9. The Morgan fingerprint density at radius 3 is 2.42 bits per heavy atom. The van der Waals surface area contributed by atoms with Crippen LogP contribution in [0.3, 0.4) is 0 Å². The van der Waals surface area contributed by atoms with Crippen molar-refractivity contribution >= 4 is 0 Å². The van der Waals surface area contributed by atoms with Crippen LogP contribution in [0.15, 0.2) is 0 Å². The average molecular weight is 170 g/mol. The minimum atomic E-state index is 0.263. The van der Waals surface area contributed by atoms with E-state index in [1.807, 2.05) is 0 Å². The van der Waals surface area contributed by atoms with Gasteiger partial charge in [0.05, 0.1) is 0 Å². The third-order valence-electron chi connectivity index (χ3n) is 2.80. The Kier molecular flexibility index (Phi) is 3.13. The smallest absolute Gasteiger partial charge is 0.00723 e. The van der Waals surface area contributed by atoms with Gasteiger partial charge in [0.1, 0.15) is 0 Å². The standard InChI is InChI=1S/C10H22N2/c1-8-4-9(5-8)12-7-10(2,3)6-11/h8-9,12H,4-7,11H2,1-3H3. The van der Waals surface area contributed by atoms with E-state index in [4.69, 9.17) is 5.73 Å². The van der Waals surface area contributed by atoms with Crippen molar-refractivity contribution in [3.8, 4) is 0 Å². The van der Waals surface area contributed by atoms with Crippen molar-refractivity contribution in [1.82, 2.24) is 5.32 Å². The first-order valence-corrected chi connectivity index (χ1v) is 4.97. The maximum atomic E-state index is 5.64. The van der Waals surface area contributed by atoms with E-state index in [1.165, 1.54) is 12.8 Å². The lowest BCUT2D eigenvalue weighted by molar-refractivity contribution is 0.213. The topological polar surface area (TPSA) is 38.0 Å². The van der Waals surface area contributed by atoms with E-state index in [0.717, 1.165) is 25.0 Å². The predicted molar refractivity (Wildman–Crippen MR) is 53.0 cm³/mol. The maximum Gasteiger partial charge on any atom is 0.00723 e. The Morgan fingerprint density at radius 2 is 2.00 bits per heavy atom. The van der Waals surface area contributed by atoms with Crippen LogP contribution in [0.2, 0.25) is 0 Å². The molecule has 0 aromatic rings. The van der Waals surface area contributed by atoms with Crippen molar-refractivity contribution in [2.75, 3.05) is 13.1 Å². The van der Waals surface area contributed by atoms with Crippen LogP contribution in [0.4, 0.5) is 0 Å². The van der Waals surface area contributed by atoms with Gasteiger partial charge in [0.25, 0.3) is 0 Å². The number of nitrogens with one attached hydrogen (secondary N) is 1. The molecule has 0 spiro atoms. The number of nitrogens with two attached hydrogens (primary N) is 1. The zero-order chi connectivity index (χ0) is 9.19. The molecule has 0 aromatic heterocycles. The molecule has 0 unspecified atom stereocenters. The van der Waals surface area contributed by atoms with Crippen LogP contribution >= 0.6 is 0 Å². The lowest BCUT2D eigenvalue weighted by Crippen LogP contribution is -2.45. The van der Waals surface area contributed by atoms with E-state index < -0.39 is 0 Å². The fourth-order valence-corrected chi connectivity index (χ4v) is 1.56. The Labute approximate surface area is 75.9 Å². The van der Waals surface area contributed by atoms with Crippen molar-refractivity contribution < 1.29 is 0 Å². The van der Waals surface area contributed by atoms with Gasteiger partial charge in [-0.25, -0.2) is 0 Å². The number of hydrogen-bond donors (Lipinski definition) is 2. The van der Waals surface area contributed by atoms with Crippen LogP contribution in [-0.4, -0.2) is 19.1 Å². The minimum Gasteiger partial charge on any atom is -0.330 e. The van der Waals surface area contributed by atoms with E-state index in [-0.39, 0.29) is 5.41 Å². The summed E-state index contributed by atoms with van der Waals surface area (Å²) in [5.74, 6) is 0.934. The van der Waals surface area contributed by atoms with Crippen molar-refractivity contribution in [3.63, 3.8) is 0 Å². The van der Waals surface area contributed by atoms with E-state index in [0.29, 0.717) is 0 Å². The van der Waals surface area contributed by atoms with Crippen LogP contribution in [0.1, 0.15) is 33.6 Å². The van der Waals surface area contributed by atoms with Crippen LogP contribution < -0.4 is 11.1 Å². The Bertz CT molecular complexity index is 137. The molecule has 1 aliphatic carbocycles. The summed E-state index contributed by atoms with van der Waals surface area (Å²) in [4.78, 5) is 0. The molecule has 0 atom stereocenters. The van der Waals surface area contributed by atoms with Crippen molar-refractivity contribution in [1.29, 1.82) is 0 Å². The summed E-state index contributed by atoms with van der Waals surface area (Å²) in [7, 11) is 0. The molecule has 1 aliphatic rings. The molecular formula is C10H22N2. The van der Waals surface area contributed by atoms with Gasteiger partial charge in [-0.2, -0.15) is 0 Å².